The van der Waals surface area contributed by atoms with Gasteiger partial charge in [0, 0.05) is 0 Å². The third-order valence-corrected chi connectivity index (χ3v) is 2.21. The summed E-state index contributed by atoms with van der Waals surface area (Å²) in [4.78, 5) is 4.20. The van der Waals surface area contributed by atoms with Gasteiger partial charge in [-0.15, -0.1) is 0 Å². The molecule has 0 spiro atoms. The van der Waals surface area contributed by atoms with Crippen LogP contribution in [0.4, 0.5) is 5.69 Å². The van der Waals surface area contributed by atoms with Gasteiger partial charge in [-0.05, 0) is 28.1 Å². The molecule has 1 aliphatic heterocycles. The molecule has 13 heavy (non-hydrogen) atoms. The Morgan fingerprint density at radius 2 is 2.08 bits per heavy atom. The molecule has 70 valence electrons. The lowest BCUT2D eigenvalue weighted by Gasteiger charge is -2.10. The highest BCUT2D eigenvalue weighted by Gasteiger charge is 2.22. The summed E-state index contributed by atoms with van der Waals surface area (Å²) < 4.78 is 11.3. The average Bonchev–Trinajstić information content (AvgIpc) is 2.61. The van der Waals surface area contributed by atoms with Gasteiger partial charge in [0.05, 0.1) is 18.9 Å². The van der Waals surface area contributed by atoms with Crippen LogP contribution in [0.5, 0.6) is 0 Å². The molecule has 2 rings (SSSR count). The topological polar surface area (TPSA) is 57.4 Å². The third kappa shape index (κ3) is 1.82. The lowest BCUT2D eigenvalue weighted by Crippen LogP contribution is -2.05. The molecule has 0 saturated carbocycles. The summed E-state index contributed by atoms with van der Waals surface area (Å²) in [5.74, 6) is 0. The molecule has 2 N–H and O–H groups in total. The number of nitrogens with two attached hydrogens (primary N) is 1. The van der Waals surface area contributed by atoms with E-state index in [9.17, 15) is 0 Å². The SMILES string of the molecule is Nc1ccc(Br)nc1C1OCCO1. The summed E-state index contributed by atoms with van der Waals surface area (Å²) in [5, 5.41) is 0. The van der Waals surface area contributed by atoms with E-state index in [1.165, 1.54) is 0 Å². The third-order valence-electron chi connectivity index (χ3n) is 1.77. The first-order valence-electron chi connectivity index (χ1n) is 3.92. The van der Waals surface area contributed by atoms with Crippen LogP contribution >= 0.6 is 15.9 Å². The van der Waals surface area contributed by atoms with Crippen molar-refractivity contribution in [2.75, 3.05) is 18.9 Å². The molecule has 0 aromatic carbocycles. The van der Waals surface area contributed by atoms with E-state index < -0.39 is 6.29 Å². The standard InChI is InChI=1S/C8H9BrN2O2/c9-6-2-1-5(10)7(11-6)8-12-3-4-13-8/h1-2,8H,3-4,10H2. The van der Waals surface area contributed by atoms with Crippen LogP contribution in [0.25, 0.3) is 0 Å². The summed E-state index contributed by atoms with van der Waals surface area (Å²) >= 11 is 3.27. The number of rotatable bonds is 1. The summed E-state index contributed by atoms with van der Waals surface area (Å²) in [6, 6.07) is 3.56. The van der Waals surface area contributed by atoms with Crippen molar-refractivity contribution < 1.29 is 9.47 Å². The van der Waals surface area contributed by atoms with Gasteiger partial charge in [-0.25, -0.2) is 4.98 Å². The van der Waals surface area contributed by atoms with Crippen molar-refractivity contribution >= 4 is 21.6 Å². The first-order valence-corrected chi connectivity index (χ1v) is 4.72. The molecule has 5 heteroatoms. The molecule has 0 bridgehead atoms. The number of hydrogen-bond acceptors (Lipinski definition) is 4. The lowest BCUT2D eigenvalue weighted by molar-refractivity contribution is -0.0467. The molecule has 4 nitrogen and oxygen atoms in total. The first-order chi connectivity index (χ1) is 6.27. The molecule has 0 atom stereocenters. The molecule has 0 amide bonds. The van der Waals surface area contributed by atoms with Crippen LogP contribution in [-0.2, 0) is 9.47 Å². The van der Waals surface area contributed by atoms with E-state index in [1.54, 1.807) is 12.1 Å². The smallest absolute Gasteiger partial charge is 0.203 e. The Bertz CT molecular complexity index is 313. The molecule has 1 saturated heterocycles. The second-order valence-electron chi connectivity index (χ2n) is 2.68. The Hall–Kier alpha value is -0.650. The van der Waals surface area contributed by atoms with Gasteiger partial charge in [-0.2, -0.15) is 0 Å². The Morgan fingerprint density at radius 1 is 1.38 bits per heavy atom. The maximum absolute atomic E-state index is 5.73. The van der Waals surface area contributed by atoms with Crippen LogP contribution in [-0.4, -0.2) is 18.2 Å². The van der Waals surface area contributed by atoms with E-state index >= 15 is 0 Å². The predicted octanol–water partition coefficient (Wildman–Crippen LogP) is 1.47. The predicted molar refractivity (Wildman–Crippen MR) is 51.0 cm³/mol. The molecule has 0 radical (unpaired) electrons. The quantitative estimate of drug-likeness (QED) is 0.761. The van der Waals surface area contributed by atoms with E-state index in [1.807, 2.05) is 0 Å². The van der Waals surface area contributed by atoms with Gasteiger partial charge >= 0.3 is 0 Å². The second kappa shape index (κ2) is 3.61. The van der Waals surface area contributed by atoms with Crippen molar-refractivity contribution in [3.8, 4) is 0 Å². The summed E-state index contributed by atoms with van der Waals surface area (Å²) in [7, 11) is 0. The summed E-state index contributed by atoms with van der Waals surface area (Å²) in [6.07, 6.45) is -0.405. The number of halogens is 1. The van der Waals surface area contributed by atoms with Crippen molar-refractivity contribution in [2.24, 2.45) is 0 Å². The lowest BCUT2D eigenvalue weighted by atomic mass is 10.3. The van der Waals surface area contributed by atoms with Crippen LogP contribution < -0.4 is 5.73 Å². The van der Waals surface area contributed by atoms with Crippen LogP contribution in [0.2, 0.25) is 0 Å². The number of ether oxygens (including phenoxy) is 2. The van der Waals surface area contributed by atoms with Crippen molar-refractivity contribution in [3.05, 3.63) is 22.4 Å². The Kier molecular flexibility index (Phi) is 2.48. The van der Waals surface area contributed by atoms with E-state index in [-0.39, 0.29) is 0 Å². The van der Waals surface area contributed by atoms with Crippen molar-refractivity contribution in [1.82, 2.24) is 4.98 Å². The minimum absolute atomic E-state index is 0.405. The minimum atomic E-state index is -0.405. The van der Waals surface area contributed by atoms with Gasteiger partial charge in [0.2, 0.25) is 6.29 Å². The highest BCUT2D eigenvalue weighted by atomic mass is 79.9. The zero-order valence-corrected chi connectivity index (χ0v) is 8.45. The van der Waals surface area contributed by atoms with Crippen LogP contribution in [0.3, 0.4) is 0 Å². The molecule has 0 unspecified atom stereocenters. The number of hydrogen-bond donors (Lipinski definition) is 1. The molecule has 2 heterocycles. The number of anilines is 1. The van der Waals surface area contributed by atoms with Gasteiger partial charge in [-0.3, -0.25) is 0 Å². The zero-order valence-electron chi connectivity index (χ0n) is 6.87. The molecule has 1 aromatic heterocycles. The van der Waals surface area contributed by atoms with Crippen LogP contribution in [0.1, 0.15) is 12.0 Å². The minimum Gasteiger partial charge on any atom is -0.397 e. The molecular weight excluding hydrogens is 236 g/mol. The van der Waals surface area contributed by atoms with E-state index in [0.29, 0.717) is 24.6 Å². The van der Waals surface area contributed by atoms with Gasteiger partial charge < -0.3 is 15.2 Å². The molecule has 1 aliphatic rings. The normalized spacial score (nSPS) is 17.9. The summed E-state index contributed by atoms with van der Waals surface area (Å²) in [6.45, 7) is 1.19. The van der Waals surface area contributed by atoms with E-state index in [4.69, 9.17) is 15.2 Å². The average molecular weight is 245 g/mol. The molecule has 0 aliphatic carbocycles. The Labute approximate surface area is 84.2 Å². The maximum Gasteiger partial charge on any atom is 0.203 e. The second-order valence-corrected chi connectivity index (χ2v) is 3.49. The van der Waals surface area contributed by atoms with Crippen molar-refractivity contribution in [3.63, 3.8) is 0 Å². The number of aromatic nitrogens is 1. The van der Waals surface area contributed by atoms with E-state index in [0.717, 1.165) is 4.60 Å². The van der Waals surface area contributed by atoms with Gasteiger partial charge in [-0.1, -0.05) is 0 Å². The fourth-order valence-corrected chi connectivity index (χ4v) is 1.49. The van der Waals surface area contributed by atoms with Crippen LogP contribution in [0.15, 0.2) is 16.7 Å². The maximum atomic E-state index is 5.73. The summed E-state index contributed by atoms with van der Waals surface area (Å²) in [5.41, 5.74) is 6.96. The van der Waals surface area contributed by atoms with Gasteiger partial charge in [0.1, 0.15) is 10.3 Å². The number of nitrogen functional groups attached to an aromatic ring is 1. The van der Waals surface area contributed by atoms with Crippen LogP contribution in [0, 0.1) is 0 Å². The number of nitrogens with zero attached hydrogens (tertiary/aromatic N) is 1. The molecule has 1 fully saturated rings. The first kappa shape index (κ1) is 8.93. The van der Waals surface area contributed by atoms with E-state index in [2.05, 4.69) is 20.9 Å². The molecule has 1 aromatic rings. The monoisotopic (exact) mass is 244 g/mol. The van der Waals surface area contributed by atoms with Crippen molar-refractivity contribution in [1.29, 1.82) is 0 Å². The number of pyridine rings is 1. The highest BCUT2D eigenvalue weighted by Crippen LogP contribution is 2.27. The molecular formula is C8H9BrN2O2. The van der Waals surface area contributed by atoms with Gasteiger partial charge in [0.25, 0.3) is 0 Å². The fraction of sp³-hybridized carbons (Fsp3) is 0.375. The Morgan fingerprint density at radius 3 is 2.77 bits per heavy atom. The van der Waals surface area contributed by atoms with Gasteiger partial charge in [0.15, 0.2) is 0 Å². The zero-order chi connectivity index (χ0) is 9.26. The Balaban J connectivity index is 2.32. The van der Waals surface area contributed by atoms with Crippen molar-refractivity contribution in [2.45, 2.75) is 6.29 Å². The highest BCUT2D eigenvalue weighted by molar-refractivity contribution is 9.10. The largest absolute Gasteiger partial charge is 0.397 e. The fourth-order valence-electron chi connectivity index (χ4n) is 1.17.